The van der Waals surface area contributed by atoms with Gasteiger partial charge in [0.15, 0.2) is 0 Å². The zero-order chi connectivity index (χ0) is 21.7. The molecular formula is C22H25N5O3. The molecule has 2 N–H and O–H groups in total. The number of anilines is 1. The number of rotatable bonds is 7. The molecule has 1 aromatic heterocycles. The zero-order valence-electron chi connectivity index (χ0n) is 17.3. The fraction of sp³-hybridized carbons (Fsp3) is 0.273. The first kappa shape index (κ1) is 21.2. The second-order valence-corrected chi connectivity index (χ2v) is 7.16. The Kier molecular flexibility index (Phi) is 6.58. The number of H-pyrrole nitrogens is 1. The monoisotopic (exact) mass is 407 g/mol. The highest BCUT2D eigenvalue weighted by molar-refractivity contribution is 5.96. The van der Waals surface area contributed by atoms with Gasteiger partial charge in [0.1, 0.15) is 5.82 Å². The number of benzene rings is 2. The number of hydrogen-bond acceptors (Lipinski definition) is 5. The van der Waals surface area contributed by atoms with E-state index in [9.17, 15) is 14.4 Å². The predicted octanol–water partition coefficient (Wildman–Crippen LogP) is 2.09. The van der Waals surface area contributed by atoms with E-state index < -0.39 is 0 Å². The number of hydrogen-bond donors (Lipinski definition) is 2. The number of nitrogens with one attached hydrogen (secondary N) is 2. The topological polar surface area (TPSA) is 98.4 Å². The van der Waals surface area contributed by atoms with Crippen molar-refractivity contribution in [2.24, 2.45) is 0 Å². The maximum absolute atomic E-state index is 12.5. The summed E-state index contributed by atoms with van der Waals surface area (Å²) in [4.78, 5) is 47.3. The van der Waals surface area contributed by atoms with Crippen LogP contribution in [0.3, 0.4) is 0 Å². The second-order valence-electron chi connectivity index (χ2n) is 7.16. The Morgan fingerprint density at radius 3 is 2.43 bits per heavy atom. The van der Waals surface area contributed by atoms with E-state index in [-0.39, 0.29) is 23.9 Å². The van der Waals surface area contributed by atoms with E-state index in [2.05, 4.69) is 15.3 Å². The summed E-state index contributed by atoms with van der Waals surface area (Å²) >= 11 is 0. The summed E-state index contributed by atoms with van der Waals surface area (Å²) in [5, 5.41) is 3.37. The van der Waals surface area contributed by atoms with Crippen LogP contribution >= 0.6 is 0 Å². The van der Waals surface area contributed by atoms with Crippen molar-refractivity contribution < 1.29 is 9.59 Å². The maximum Gasteiger partial charge on any atom is 0.258 e. The van der Waals surface area contributed by atoms with Crippen molar-refractivity contribution in [1.29, 1.82) is 0 Å². The molecule has 2 amide bonds. The molecule has 0 aliphatic carbocycles. The van der Waals surface area contributed by atoms with Crippen LogP contribution < -0.4 is 10.9 Å². The van der Waals surface area contributed by atoms with Crippen LogP contribution in [-0.4, -0.2) is 58.8 Å². The Bertz CT molecular complexity index is 1110. The molecule has 0 saturated carbocycles. The molecule has 0 aliphatic rings. The van der Waals surface area contributed by atoms with Crippen LogP contribution in [-0.2, 0) is 11.3 Å². The highest BCUT2D eigenvalue weighted by atomic mass is 16.2. The van der Waals surface area contributed by atoms with Gasteiger partial charge in [0, 0.05) is 25.3 Å². The molecule has 0 fully saturated rings. The van der Waals surface area contributed by atoms with E-state index in [1.165, 1.54) is 4.90 Å². The summed E-state index contributed by atoms with van der Waals surface area (Å²) in [5.74, 6) is 0.230. The number of fused-ring (bicyclic) bond motifs is 1. The average Bonchev–Trinajstić information content (AvgIpc) is 2.73. The van der Waals surface area contributed by atoms with Gasteiger partial charge in [-0.3, -0.25) is 19.3 Å². The average molecular weight is 407 g/mol. The Morgan fingerprint density at radius 2 is 1.77 bits per heavy atom. The molecule has 0 bridgehead atoms. The first-order valence-corrected chi connectivity index (χ1v) is 9.69. The molecule has 3 aromatic rings. The molecule has 8 nitrogen and oxygen atoms in total. The smallest absolute Gasteiger partial charge is 0.258 e. The molecule has 156 valence electrons. The number of carbonyl (C=O) groups excluding carboxylic acids is 2. The lowest BCUT2D eigenvalue weighted by molar-refractivity contribution is -0.117. The number of aromatic amines is 1. The van der Waals surface area contributed by atoms with Crippen LogP contribution in [0, 0.1) is 0 Å². The van der Waals surface area contributed by atoms with Gasteiger partial charge in [-0.25, -0.2) is 4.98 Å². The maximum atomic E-state index is 12.5. The molecule has 0 atom stereocenters. The minimum atomic E-state index is -0.191. The van der Waals surface area contributed by atoms with Gasteiger partial charge in [0.2, 0.25) is 5.91 Å². The van der Waals surface area contributed by atoms with Crippen molar-refractivity contribution in [3.05, 3.63) is 70.3 Å². The fourth-order valence-electron chi connectivity index (χ4n) is 3.06. The molecule has 0 unspecified atom stereocenters. The third kappa shape index (κ3) is 5.09. The van der Waals surface area contributed by atoms with Crippen molar-refractivity contribution >= 4 is 28.4 Å². The van der Waals surface area contributed by atoms with E-state index in [0.29, 0.717) is 41.1 Å². The Labute approximate surface area is 174 Å². The fourth-order valence-corrected chi connectivity index (χ4v) is 3.06. The number of likely N-dealkylation sites (N-methyl/N-ethyl adjacent to an activating group) is 1. The number of aromatic nitrogens is 2. The molecule has 0 radical (unpaired) electrons. The molecule has 0 spiro atoms. The van der Waals surface area contributed by atoms with Gasteiger partial charge in [-0.05, 0) is 42.9 Å². The van der Waals surface area contributed by atoms with E-state index in [1.807, 2.05) is 17.9 Å². The highest BCUT2D eigenvalue weighted by Gasteiger charge is 2.13. The van der Waals surface area contributed by atoms with Crippen LogP contribution in [0.15, 0.2) is 53.3 Å². The Hall–Kier alpha value is -3.52. The van der Waals surface area contributed by atoms with E-state index in [0.717, 1.165) is 0 Å². The molecule has 0 saturated heterocycles. The SMILES string of the molecule is CCN(CC(=O)Nc1ccc(C(=O)N(C)C)cc1)Cc1nc2ccccc2c(=O)[nH]1. The standard InChI is InChI=1S/C22H25N5O3/c1-4-27(13-19-24-18-8-6-5-7-17(18)21(29)25-19)14-20(28)23-16-11-9-15(10-12-16)22(30)26(2)3/h5-12H,4,13-14H2,1-3H3,(H,23,28)(H,24,25,29). The molecule has 2 aromatic carbocycles. The normalized spacial score (nSPS) is 10.9. The van der Waals surface area contributed by atoms with Crippen molar-refractivity contribution in [2.75, 3.05) is 32.5 Å². The summed E-state index contributed by atoms with van der Waals surface area (Å²) in [6.45, 7) is 3.04. The van der Waals surface area contributed by atoms with E-state index >= 15 is 0 Å². The lowest BCUT2D eigenvalue weighted by Gasteiger charge is -2.19. The van der Waals surface area contributed by atoms with Gasteiger partial charge in [0.25, 0.3) is 11.5 Å². The largest absolute Gasteiger partial charge is 0.345 e. The summed E-state index contributed by atoms with van der Waals surface area (Å²) in [6.07, 6.45) is 0. The third-order valence-electron chi connectivity index (χ3n) is 4.67. The quantitative estimate of drug-likeness (QED) is 0.625. The molecule has 8 heteroatoms. The summed E-state index contributed by atoms with van der Waals surface area (Å²) < 4.78 is 0. The number of amides is 2. The molecule has 3 rings (SSSR count). The summed E-state index contributed by atoms with van der Waals surface area (Å²) in [5.41, 5.74) is 1.61. The molecule has 30 heavy (non-hydrogen) atoms. The number of nitrogens with zero attached hydrogens (tertiary/aromatic N) is 3. The van der Waals surface area contributed by atoms with Crippen LogP contribution in [0.2, 0.25) is 0 Å². The van der Waals surface area contributed by atoms with E-state index in [1.54, 1.807) is 56.6 Å². The highest BCUT2D eigenvalue weighted by Crippen LogP contribution is 2.11. The third-order valence-corrected chi connectivity index (χ3v) is 4.67. The zero-order valence-corrected chi connectivity index (χ0v) is 17.3. The van der Waals surface area contributed by atoms with Gasteiger partial charge < -0.3 is 15.2 Å². The first-order chi connectivity index (χ1) is 14.4. The Balaban J connectivity index is 1.64. The molecule has 1 heterocycles. The lowest BCUT2D eigenvalue weighted by atomic mass is 10.2. The van der Waals surface area contributed by atoms with Crippen molar-refractivity contribution in [3.63, 3.8) is 0 Å². The van der Waals surface area contributed by atoms with Gasteiger partial charge in [-0.2, -0.15) is 0 Å². The van der Waals surface area contributed by atoms with Crippen molar-refractivity contribution in [1.82, 2.24) is 19.8 Å². The molecule has 0 aliphatic heterocycles. The van der Waals surface area contributed by atoms with E-state index in [4.69, 9.17) is 0 Å². The lowest BCUT2D eigenvalue weighted by Crippen LogP contribution is -2.33. The minimum absolute atomic E-state index is 0.0955. The van der Waals surface area contributed by atoms with Crippen LogP contribution in [0.5, 0.6) is 0 Å². The van der Waals surface area contributed by atoms with Gasteiger partial charge in [-0.15, -0.1) is 0 Å². The first-order valence-electron chi connectivity index (χ1n) is 9.69. The van der Waals surface area contributed by atoms with Gasteiger partial charge in [0.05, 0.1) is 24.0 Å². The van der Waals surface area contributed by atoms with Crippen molar-refractivity contribution in [2.45, 2.75) is 13.5 Å². The summed E-state index contributed by atoms with van der Waals surface area (Å²) in [6, 6.07) is 13.9. The Morgan fingerprint density at radius 1 is 1.07 bits per heavy atom. The number of para-hydroxylation sites is 1. The van der Waals surface area contributed by atoms with Crippen molar-refractivity contribution in [3.8, 4) is 0 Å². The minimum Gasteiger partial charge on any atom is -0.345 e. The predicted molar refractivity (Wildman–Crippen MR) is 116 cm³/mol. The van der Waals surface area contributed by atoms with Crippen LogP contribution in [0.4, 0.5) is 5.69 Å². The molecular weight excluding hydrogens is 382 g/mol. The van der Waals surface area contributed by atoms with Gasteiger partial charge in [-0.1, -0.05) is 19.1 Å². The number of carbonyl (C=O) groups is 2. The second kappa shape index (κ2) is 9.32. The van der Waals surface area contributed by atoms with Crippen LogP contribution in [0.1, 0.15) is 23.1 Å². The van der Waals surface area contributed by atoms with Crippen LogP contribution in [0.25, 0.3) is 10.9 Å². The summed E-state index contributed by atoms with van der Waals surface area (Å²) in [7, 11) is 3.38. The van der Waals surface area contributed by atoms with Gasteiger partial charge >= 0.3 is 0 Å².